The molecule has 5 heteroatoms. The van der Waals surface area contributed by atoms with Gasteiger partial charge in [-0.25, -0.2) is 0 Å². The van der Waals surface area contributed by atoms with Gasteiger partial charge in [-0.05, 0) is 43.6 Å². The van der Waals surface area contributed by atoms with Gasteiger partial charge in [-0.2, -0.15) is 0 Å². The van der Waals surface area contributed by atoms with Crippen molar-refractivity contribution in [3.63, 3.8) is 0 Å². The van der Waals surface area contributed by atoms with E-state index in [4.69, 9.17) is 0 Å². The van der Waals surface area contributed by atoms with Crippen LogP contribution in [0.15, 0.2) is 0 Å². The van der Waals surface area contributed by atoms with Crippen molar-refractivity contribution < 1.29 is 9.59 Å². The molecule has 1 heterocycles. The summed E-state index contributed by atoms with van der Waals surface area (Å²) >= 11 is 1.59. The Morgan fingerprint density at radius 1 is 1.25 bits per heavy atom. The molecule has 0 aliphatic heterocycles. The van der Waals surface area contributed by atoms with Crippen molar-refractivity contribution in [1.29, 1.82) is 0 Å². The largest absolute Gasteiger partial charge is 0.355 e. The van der Waals surface area contributed by atoms with Crippen LogP contribution >= 0.6 is 11.3 Å². The van der Waals surface area contributed by atoms with Crippen LogP contribution < -0.4 is 10.6 Å². The Bertz CT molecular complexity index is 560. The van der Waals surface area contributed by atoms with E-state index in [-0.39, 0.29) is 17.7 Å². The Labute approximate surface area is 122 Å². The summed E-state index contributed by atoms with van der Waals surface area (Å²) in [6, 6.07) is 0. The molecule has 2 N–H and O–H groups in total. The fraction of sp³-hybridized carbons (Fsp3) is 0.600. The maximum Gasteiger partial charge on any atom is 0.254 e. The van der Waals surface area contributed by atoms with Gasteiger partial charge < -0.3 is 10.6 Å². The van der Waals surface area contributed by atoms with E-state index in [2.05, 4.69) is 17.6 Å². The fourth-order valence-electron chi connectivity index (χ4n) is 2.77. The van der Waals surface area contributed by atoms with Crippen molar-refractivity contribution in [3.05, 3.63) is 16.0 Å². The predicted molar refractivity (Wildman–Crippen MR) is 80.3 cm³/mol. The monoisotopic (exact) mass is 292 g/mol. The zero-order chi connectivity index (χ0) is 14.3. The van der Waals surface area contributed by atoms with E-state index in [1.165, 1.54) is 4.88 Å². The van der Waals surface area contributed by atoms with Crippen LogP contribution in [0.1, 0.15) is 47.0 Å². The number of carbonyl (C=O) groups excluding carboxylic acids is 2. The van der Waals surface area contributed by atoms with Gasteiger partial charge in [-0.1, -0.05) is 6.92 Å². The molecule has 1 unspecified atom stereocenters. The van der Waals surface area contributed by atoms with E-state index in [9.17, 15) is 9.59 Å². The molecule has 108 valence electrons. The maximum absolute atomic E-state index is 12.2. The molecule has 1 aromatic heterocycles. The third-order valence-electron chi connectivity index (χ3n) is 4.15. The number of rotatable bonds is 3. The van der Waals surface area contributed by atoms with Gasteiger partial charge in [-0.15, -0.1) is 11.3 Å². The first-order valence-corrected chi connectivity index (χ1v) is 8.09. The van der Waals surface area contributed by atoms with E-state index in [0.29, 0.717) is 11.5 Å². The lowest BCUT2D eigenvalue weighted by Gasteiger charge is -2.18. The molecule has 1 fully saturated rings. The molecule has 0 aromatic carbocycles. The molecule has 0 spiro atoms. The minimum atomic E-state index is -0.0808. The number of carbonyl (C=O) groups is 2. The van der Waals surface area contributed by atoms with Crippen LogP contribution in [0.2, 0.25) is 0 Å². The third kappa shape index (κ3) is 2.46. The normalized spacial score (nSPS) is 21.2. The summed E-state index contributed by atoms with van der Waals surface area (Å²) in [5.41, 5.74) is 1.85. The molecule has 2 aliphatic rings. The maximum atomic E-state index is 12.2. The van der Waals surface area contributed by atoms with Gasteiger partial charge in [0.1, 0.15) is 5.00 Å². The Morgan fingerprint density at radius 2 is 2.00 bits per heavy atom. The number of nitrogens with one attached hydrogen (secondary N) is 2. The number of amides is 2. The standard InChI is InChI=1S/C15H20N2O2S/c1-8-3-6-11-10(7-8)12(14(19)16-2)15(20-11)17-13(18)9-4-5-9/h8-9H,3-7H2,1-2H3,(H,16,19)(H,17,18). The van der Waals surface area contributed by atoms with E-state index in [1.807, 2.05) is 0 Å². The van der Waals surface area contributed by atoms with Crippen LogP contribution in [0.4, 0.5) is 5.00 Å². The average Bonchev–Trinajstić information content (AvgIpc) is 3.21. The molecular weight excluding hydrogens is 272 g/mol. The van der Waals surface area contributed by atoms with E-state index in [1.54, 1.807) is 18.4 Å². The number of hydrogen-bond donors (Lipinski definition) is 2. The number of anilines is 1. The summed E-state index contributed by atoms with van der Waals surface area (Å²) in [6.07, 6.45) is 5.07. The van der Waals surface area contributed by atoms with Crippen LogP contribution in [-0.4, -0.2) is 18.9 Å². The summed E-state index contributed by atoms with van der Waals surface area (Å²) in [6.45, 7) is 2.22. The molecule has 1 aromatic rings. The second kappa shape index (κ2) is 5.20. The highest BCUT2D eigenvalue weighted by Gasteiger charge is 2.33. The lowest BCUT2D eigenvalue weighted by Crippen LogP contribution is -2.23. The molecule has 20 heavy (non-hydrogen) atoms. The number of fused-ring (bicyclic) bond motifs is 1. The van der Waals surface area contributed by atoms with E-state index in [0.717, 1.165) is 42.7 Å². The van der Waals surface area contributed by atoms with Gasteiger partial charge in [0.25, 0.3) is 5.91 Å². The molecular formula is C15H20N2O2S. The zero-order valence-electron chi connectivity index (χ0n) is 11.9. The second-order valence-corrected chi connectivity index (χ2v) is 7.00. The van der Waals surface area contributed by atoms with Crippen molar-refractivity contribution in [2.45, 2.75) is 39.0 Å². The Balaban J connectivity index is 1.95. The van der Waals surface area contributed by atoms with Crippen molar-refractivity contribution >= 4 is 28.2 Å². The van der Waals surface area contributed by atoms with Crippen LogP contribution in [0.5, 0.6) is 0 Å². The van der Waals surface area contributed by atoms with Crippen molar-refractivity contribution in [2.75, 3.05) is 12.4 Å². The molecule has 2 aliphatic carbocycles. The van der Waals surface area contributed by atoms with Crippen LogP contribution in [0.25, 0.3) is 0 Å². The van der Waals surface area contributed by atoms with Crippen molar-refractivity contribution in [1.82, 2.24) is 5.32 Å². The minimum Gasteiger partial charge on any atom is -0.355 e. The van der Waals surface area contributed by atoms with Gasteiger partial charge in [-0.3, -0.25) is 9.59 Å². The second-order valence-electron chi connectivity index (χ2n) is 5.90. The molecule has 2 amide bonds. The molecule has 0 radical (unpaired) electrons. The number of hydrogen-bond acceptors (Lipinski definition) is 3. The quantitative estimate of drug-likeness (QED) is 0.899. The van der Waals surface area contributed by atoms with Crippen molar-refractivity contribution in [3.8, 4) is 0 Å². The third-order valence-corrected chi connectivity index (χ3v) is 5.35. The first-order chi connectivity index (χ1) is 9.60. The smallest absolute Gasteiger partial charge is 0.254 e. The minimum absolute atomic E-state index is 0.0711. The molecule has 0 saturated heterocycles. The van der Waals surface area contributed by atoms with Crippen LogP contribution in [-0.2, 0) is 17.6 Å². The predicted octanol–water partition coefficient (Wildman–Crippen LogP) is 2.58. The fourth-order valence-corrected chi connectivity index (χ4v) is 4.02. The highest BCUT2D eigenvalue weighted by molar-refractivity contribution is 7.17. The highest BCUT2D eigenvalue weighted by atomic mass is 32.1. The number of thiophene rings is 1. The molecule has 1 saturated carbocycles. The van der Waals surface area contributed by atoms with Gasteiger partial charge in [0.05, 0.1) is 5.56 Å². The lowest BCUT2D eigenvalue weighted by atomic mass is 9.87. The Kier molecular flexibility index (Phi) is 3.54. The summed E-state index contributed by atoms with van der Waals surface area (Å²) in [4.78, 5) is 25.4. The number of aryl methyl sites for hydroxylation is 1. The van der Waals surface area contributed by atoms with Gasteiger partial charge in [0.15, 0.2) is 0 Å². The summed E-state index contributed by atoms with van der Waals surface area (Å²) in [5.74, 6) is 0.752. The summed E-state index contributed by atoms with van der Waals surface area (Å²) in [5, 5.41) is 6.44. The Morgan fingerprint density at radius 3 is 2.65 bits per heavy atom. The van der Waals surface area contributed by atoms with Crippen LogP contribution in [0.3, 0.4) is 0 Å². The topological polar surface area (TPSA) is 58.2 Å². The van der Waals surface area contributed by atoms with Crippen LogP contribution in [0, 0.1) is 11.8 Å². The first kappa shape index (κ1) is 13.6. The van der Waals surface area contributed by atoms with E-state index >= 15 is 0 Å². The van der Waals surface area contributed by atoms with Gasteiger partial charge >= 0.3 is 0 Å². The Hall–Kier alpha value is -1.36. The SMILES string of the molecule is CNC(=O)c1c(NC(=O)C2CC2)sc2c1CC(C)CC2. The van der Waals surface area contributed by atoms with Gasteiger partial charge in [0, 0.05) is 17.8 Å². The summed E-state index contributed by atoms with van der Waals surface area (Å²) in [7, 11) is 1.64. The molecule has 0 bridgehead atoms. The average molecular weight is 292 g/mol. The lowest BCUT2D eigenvalue weighted by molar-refractivity contribution is -0.117. The van der Waals surface area contributed by atoms with Gasteiger partial charge in [0.2, 0.25) is 5.91 Å². The summed E-state index contributed by atoms with van der Waals surface area (Å²) < 4.78 is 0. The molecule has 4 nitrogen and oxygen atoms in total. The van der Waals surface area contributed by atoms with E-state index < -0.39 is 0 Å². The zero-order valence-corrected chi connectivity index (χ0v) is 12.7. The molecule has 1 atom stereocenters. The molecule has 3 rings (SSSR count). The highest BCUT2D eigenvalue weighted by Crippen LogP contribution is 2.40. The first-order valence-electron chi connectivity index (χ1n) is 7.27. The van der Waals surface area contributed by atoms with Crippen molar-refractivity contribution in [2.24, 2.45) is 11.8 Å².